The van der Waals surface area contributed by atoms with Gasteiger partial charge in [-0.05, 0) is 48.9 Å². The molecule has 1 aromatic heterocycles. The van der Waals surface area contributed by atoms with Gasteiger partial charge in [0.25, 0.3) is 0 Å². The Kier molecular flexibility index (Phi) is 5.46. The van der Waals surface area contributed by atoms with Crippen LogP contribution in [-0.2, 0) is 13.6 Å². The third-order valence-corrected chi connectivity index (χ3v) is 4.35. The van der Waals surface area contributed by atoms with Gasteiger partial charge < -0.3 is 19.5 Å². The standard InChI is InChI=1S/C21H26N4O/c1-5-26-19-12-8-17(9-13-19)20-15-23-21(25(20)4)22-14-16-6-10-18(11-7-16)24(2)3/h6-13,15H,5,14H2,1-4H3,(H,22,23). The maximum atomic E-state index is 5.51. The van der Waals surface area contributed by atoms with Gasteiger partial charge in [0, 0.05) is 38.9 Å². The second kappa shape index (κ2) is 7.95. The molecule has 1 heterocycles. The van der Waals surface area contributed by atoms with Crippen molar-refractivity contribution in [2.24, 2.45) is 7.05 Å². The zero-order valence-corrected chi connectivity index (χ0v) is 15.9. The molecule has 3 rings (SSSR count). The molecule has 0 bridgehead atoms. The van der Waals surface area contributed by atoms with E-state index in [1.54, 1.807) is 0 Å². The van der Waals surface area contributed by atoms with Crippen molar-refractivity contribution in [3.63, 3.8) is 0 Å². The lowest BCUT2D eigenvalue weighted by Crippen LogP contribution is -2.09. The average Bonchev–Trinajstić information content (AvgIpc) is 3.02. The average molecular weight is 350 g/mol. The van der Waals surface area contributed by atoms with Crippen LogP contribution in [0.3, 0.4) is 0 Å². The monoisotopic (exact) mass is 350 g/mol. The van der Waals surface area contributed by atoms with Gasteiger partial charge in [-0.15, -0.1) is 0 Å². The van der Waals surface area contributed by atoms with Crippen LogP contribution >= 0.6 is 0 Å². The van der Waals surface area contributed by atoms with Gasteiger partial charge in [-0.25, -0.2) is 4.98 Å². The molecule has 0 amide bonds. The molecule has 26 heavy (non-hydrogen) atoms. The molecule has 0 aliphatic heterocycles. The van der Waals surface area contributed by atoms with E-state index < -0.39 is 0 Å². The van der Waals surface area contributed by atoms with E-state index in [-0.39, 0.29) is 0 Å². The maximum absolute atomic E-state index is 5.51. The highest BCUT2D eigenvalue weighted by molar-refractivity contribution is 5.62. The first-order valence-electron chi connectivity index (χ1n) is 8.83. The van der Waals surface area contributed by atoms with Crippen molar-refractivity contribution in [2.45, 2.75) is 13.5 Å². The first-order valence-corrected chi connectivity index (χ1v) is 8.83. The van der Waals surface area contributed by atoms with E-state index in [0.29, 0.717) is 6.61 Å². The zero-order valence-electron chi connectivity index (χ0n) is 15.9. The van der Waals surface area contributed by atoms with Crippen molar-refractivity contribution >= 4 is 11.6 Å². The Bertz CT molecular complexity index is 835. The van der Waals surface area contributed by atoms with Gasteiger partial charge in [0.2, 0.25) is 5.95 Å². The van der Waals surface area contributed by atoms with E-state index in [9.17, 15) is 0 Å². The highest BCUT2D eigenvalue weighted by Crippen LogP contribution is 2.24. The van der Waals surface area contributed by atoms with Crippen LogP contribution in [0.1, 0.15) is 12.5 Å². The fourth-order valence-electron chi connectivity index (χ4n) is 2.82. The van der Waals surface area contributed by atoms with E-state index in [4.69, 9.17) is 4.74 Å². The summed E-state index contributed by atoms with van der Waals surface area (Å²) < 4.78 is 7.58. The Morgan fingerprint density at radius 3 is 2.35 bits per heavy atom. The summed E-state index contributed by atoms with van der Waals surface area (Å²) in [5.74, 6) is 1.74. The van der Waals surface area contributed by atoms with Gasteiger partial charge >= 0.3 is 0 Å². The van der Waals surface area contributed by atoms with Crippen molar-refractivity contribution in [2.75, 3.05) is 30.9 Å². The molecule has 136 valence electrons. The fourth-order valence-corrected chi connectivity index (χ4v) is 2.82. The molecule has 0 saturated carbocycles. The number of rotatable bonds is 7. The summed E-state index contributed by atoms with van der Waals surface area (Å²) in [5.41, 5.74) is 4.61. The molecule has 0 atom stereocenters. The molecule has 3 aromatic rings. The molecule has 1 N–H and O–H groups in total. The molecular weight excluding hydrogens is 324 g/mol. The van der Waals surface area contributed by atoms with Crippen molar-refractivity contribution in [1.29, 1.82) is 0 Å². The predicted molar refractivity (Wildman–Crippen MR) is 108 cm³/mol. The fraction of sp³-hybridized carbons (Fsp3) is 0.286. The summed E-state index contributed by atoms with van der Waals surface area (Å²) in [6, 6.07) is 16.6. The minimum absolute atomic E-state index is 0.675. The summed E-state index contributed by atoms with van der Waals surface area (Å²) in [4.78, 5) is 6.62. The van der Waals surface area contributed by atoms with E-state index in [2.05, 4.69) is 56.2 Å². The summed E-state index contributed by atoms with van der Waals surface area (Å²) in [5, 5.41) is 3.41. The van der Waals surface area contributed by atoms with Crippen LogP contribution in [-0.4, -0.2) is 30.3 Å². The Labute approximate surface area is 155 Å². The maximum Gasteiger partial charge on any atom is 0.203 e. The number of anilines is 2. The summed E-state index contributed by atoms with van der Waals surface area (Å²) in [7, 11) is 6.11. The van der Waals surface area contributed by atoms with Gasteiger partial charge in [0.05, 0.1) is 18.5 Å². The van der Waals surface area contributed by atoms with E-state index in [0.717, 1.165) is 29.5 Å². The summed E-state index contributed by atoms with van der Waals surface area (Å²) >= 11 is 0. The minimum atomic E-state index is 0.675. The van der Waals surface area contributed by atoms with Crippen molar-refractivity contribution in [3.8, 4) is 17.0 Å². The third-order valence-electron chi connectivity index (χ3n) is 4.35. The topological polar surface area (TPSA) is 42.3 Å². The molecule has 0 unspecified atom stereocenters. The second-order valence-electron chi connectivity index (χ2n) is 6.40. The van der Waals surface area contributed by atoms with Crippen LogP contribution < -0.4 is 15.0 Å². The van der Waals surface area contributed by atoms with Crippen LogP contribution in [0.4, 0.5) is 11.6 Å². The number of aromatic nitrogens is 2. The second-order valence-corrected chi connectivity index (χ2v) is 6.40. The van der Waals surface area contributed by atoms with Crippen molar-refractivity contribution in [3.05, 3.63) is 60.3 Å². The lowest BCUT2D eigenvalue weighted by molar-refractivity contribution is 0.340. The zero-order chi connectivity index (χ0) is 18.5. The highest BCUT2D eigenvalue weighted by Gasteiger charge is 2.08. The lowest BCUT2D eigenvalue weighted by atomic mass is 10.1. The highest BCUT2D eigenvalue weighted by atomic mass is 16.5. The Hall–Kier alpha value is -2.95. The van der Waals surface area contributed by atoms with Gasteiger partial charge in [0.1, 0.15) is 5.75 Å². The molecule has 0 fully saturated rings. The molecule has 5 heteroatoms. The molecule has 0 saturated heterocycles. The molecule has 2 aromatic carbocycles. The van der Waals surface area contributed by atoms with Crippen LogP contribution in [0.25, 0.3) is 11.3 Å². The number of imidazole rings is 1. The summed E-state index contributed by atoms with van der Waals surface area (Å²) in [6.07, 6.45) is 1.90. The van der Waals surface area contributed by atoms with E-state index >= 15 is 0 Å². The Balaban J connectivity index is 1.68. The third kappa shape index (κ3) is 3.99. The lowest BCUT2D eigenvalue weighted by Gasteiger charge is -2.13. The number of ether oxygens (including phenoxy) is 1. The normalized spacial score (nSPS) is 10.6. The number of nitrogens with zero attached hydrogens (tertiary/aromatic N) is 3. The number of nitrogens with one attached hydrogen (secondary N) is 1. The Morgan fingerprint density at radius 1 is 1.04 bits per heavy atom. The minimum Gasteiger partial charge on any atom is -0.494 e. The predicted octanol–water partition coefficient (Wildman–Crippen LogP) is 4.16. The van der Waals surface area contributed by atoms with E-state index in [1.165, 1.54) is 11.3 Å². The number of hydrogen-bond acceptors (Lipinski definition) is 4. The van der Waals surface area contributed by atoms with Crippen LogP contribution in [0.5, 0.6) is 5.75 Å². The molecule has 0 aliphatic carbocycles. The van der Waals surface area contributed by atoms with Crippen LogP contribution in [0.15, 0.2) is 54.7 Å². The number of hydrogen-bond donors (Lipinski definition) is 1. The van der Waals surface area contributed by atoms with Gasteiger partial charge in [0.15, 0.2) is 0 Å². The summed E-state index contributed by atoms with van der Waals surface area (Å²) in [6.45, 7) is 3.40. The molecule has 5 nitrogen and oxygen atoms in total. The number of benzene rings is 2. The smallest absolute Gasteiger partial charge is 0.203 e. The van der Waals surface area contributed by atoms with Crippen LogP contribution in [0, 0.1) is 0 Å². The molecule has 0 radical (unpaired) electrons. The molecule has 0 aliphatic rings. The van der Waals surface area contributed by atoms with E-state index in [1.807, 2.05) is 46.4 Å². The first kappa shape index (κ1) is 17.9. The van der Waals surface area contributed by atoms with Crippen LogP contribution in [0.2, 0.25) is 0 Å². The van der Waals surface area contributed by atoms with Gasteiger partial charge in [-0.2, -0.15) is 0 Å². The Morgan fingerprint density at radius 2 is 1.73 bits per heavy atom. The molecular formula is C21H26N4O. The van der Waals surface area contributed by atoms with Crippen molar-refractivity contribution < 1.29 is 4.74 Å². The van der Waals surface area contributed by atoms with Crippen molar-refractivity contribution in [1.82, 2.24) is 9.55 Å². The van der Waals surface area contributed by atoms with Gasteiger partial charge in [-0.3, -0.25) is 0 Å². The first-order chi connectivity index (χ1) is 12.6. The largest absolute Gasteiger partial charge is 0.494 e. The quantitative estimate of drug-likeness (QED) is 0.695. The SMILES string of the molecule is CCOc1ccc(-c2cnc(NCc3ccc(N(C)C)cc3)n2C)cc1. The molecule has 0 spiro atoms. The van der Waals surface area contributed by atoms with Gasteiger partial charge in [-0.1, -0.05) is 12.1 Å².